The largest absolute Gasteiger partial charge is 0.469 e. The molecule has 1 aliphatic rings. The first-order chi connectivity index (χ1) is 12.0. The number of aromatic nitrogens is 2. The van der Waals surface area contributed by atoms with Crippen LogP contribution in [0.5, 0.6) is 0 Å². The zero-order valence-electron chi connectivity index (χ0n) is 13.8. The van der Waals surface area contributed by atoms with Crippen molar-refractivity contribution in [2.45, 2.75) is 33.1 Å². The van der Waals surface area contributed by atoms with E-state index in [-0.39, 0.29) is 10.3 Å². The summed E-state index contributed by atoms with van der Waals surface area (Å²) in [5.41, 5.74) is 3.79. The minimum atomic E-state index is -0.426. The second-order valence-corrected chi connectivity index (χ2v) is 7.95. The molecule has 0 aliphatic heterocycles. The van der Waals surface area contributed by atoms with Gasteiger partial charge in [0, 0.05) is 4.88 Å². The number of rotatable bonds is 2. The smallest absolute Gasteiger partial charge is 0.282 e. The van der Waals surface area contributed by atoms with Gasteiger partial charge in [-0.15, -0.1) is 11.3 Å². The lowest BCUT2D eigenvalue weighted by Gasteiger charge is -2.17. The number of hydrogen-bond donors (Lipinski definition) is 2. The number of aromatic amines is 1. The molecule has 8 heteroatoms. The highest BCUT2D eigenvalue weighted by Crippen LogP contribution is 2.35. The van der Waals surface area contributed by atoms with Gasteiger partial charge in [-0.2, -0.15) is 4.68 Å². The van der Waals surface area contributed by atoms with Crippen molar-refractivity contribution >= 4 is 39.7 Å². The van der Waals surface area contributed by atoms with Crippen LogP contribution in [0.15, 0.2) is 21.5 Å². The second-order valence-electron chi connectivity index (χ2n) is 6.46. The maximum absolute atomic E-state index is 13.0. The third kappa shape index (κ3) is 2.65. The van der Waals surface area contributed by atoms with E-state index in [0.29, 0.717) is 22.6 Å². The topological polar surface area (TPSA) is 80.0 Å². The van der Waals surface area contributed by atoms with Crippen molar-refractivity contribution in [3.05, 3.63) is 49.2 Å². The summed E-state index contributed by atoms with van der Waals surface area (Å²) in [7, 11) is 0. The molecular formula is C17H17N3O3S2. The third-order valence-electron chi connectivity index (χ3n) is 4.67. The number of thiophene rings is 1. The molecular weight excluding hydrogens is 358 g/mol. The van der Waals surface area contributed by atoms with Crippen LogP contribution in [-0.4, -0.2) is 15.6 Å². The van der Waals surface area contributed by atoms with Gasteiger partial charge in [0.2, 0.25) is 4.77 Å². The average molecular weight is 375 g/mol. The van der Waals surface area contributed by atoms with Crippen molar-refractivity contribution in [2.75, 3.05) is 5.43 Å². The van der Waals surface area contributed by atoms with Gasteiger partial charge in [-0.3, -0.25) is 15.0 Å². The second kappa shape index (κ2) is 5.96. The first kappa shape index (κ1) is 16.3. The number of hydrogen-bond acceptors (Lipinski definition) is 5. The van der Waals surface area contributed by atoms with Crippen molar-refractivity contribution in [1.82, 2.24) is 9.66 Å². The van der Waals surface area contributed by atoms with Crippen molar-refractivity contribution in [3.63, 3.8) is 0 Å². The Bertz CT molecular complexity index is 1100. The summed E-state index contributed by atoms with van der Waals surface area (Å²) in [4.78, 5) is 30.5. The zero-order valence-corrected chi connectivity index (χ0v) is 15.5. The summed E-state index contributed by atoms with van der Waals surface area (Å²) in [5, 5.41) is 0.643. The normalized spacial score (nSPS) is 16.8. The molecule has 6 nitrogen and oxygen atoms in total. The predicted octanol–water partition coefficient (Wildman–Crippen LogP) is 3.53. The molecule has 0 bridgehead atoms. The molecule has 1 atom stereocenters. The minimum Gasteiger partial charge on any atom is -0.469 e. The van der Waals surface area contributed by atoms with Crippen LogP contribution < -0.4 is 11.0 Å². The van der Waals surface area contributed by atoms with Crippen molar-refractivity contribution < 1.29 is 9.21 Å². The SMILES string of the molecule is Cc1occc1C(=O)Nn1c(=S)[nH]c2sc3c(c2c1=O)CCC(C)C3. The minimum absolute atomic E-state index is 0.179. The summed E-state index contributed by atoms with van der Waals surface area (Å²) in [5.74, 6) is 0.683. The molecule has 3 aromatic heterocycles. The Balaban J connectivity index is 1.82. The Morgan fingerprint density at radius 2 is 2.32 bits per heavy atom. The Kier molecular flexibility index (Phi) is 3.88. The molecule has 130 valence electrons. The van der Waals surface area contributed by atoms with Gasteiger partial charge in [0.1, 0.15) is 10.6 Å². The molecule has 4 rings (SSSR count). The van der Waals surface area contributed by atoms with Crippen LogP contribution in [0.3, 0.4) is 0 Å². The van der Waals surface area contributed by atoms with Crippen molar-refractivity contribution in [3.8, 4) is 0 Å². The monoisotopic (exact) mass is 375 g/mol. The maximum atomic E-state index is 13.0. The molecule has 0 aromatic carbocycles. The number of nitrogens with zero attached hydrogens (tertiary/aromatic N) is 1. The van der Waals surface area contributed by atoms with Crippen LogP contribution in [0.2, 0.25) is 0 Å². The van der Waals surface area contributed by atoms with Gasteiger partial charge in [0.05, 0.1) is 17.2 Å². The molecule has 1 amide bonds. The van der Waals surface area contributed by atoms with E-state index in [1.807, 2.05) is 0 Å². The Labute approximate surface area is 152 Å². The van der Waals surface area contributed by atoms with E-state index in [4.69, 9.17) is 16.6 Å². The van der Waals surface area contributed by atoms with Gasteiger partial charge in [-0.1, -0.05) is 6.92 Å². The quantitative estimate of drug-likeness (QED) is 0.672. The highest BCUT2D eigenvalue weighted by molar-refractivity contribution is 7.71. The average Bonchev–Trinajstić information content (AvgIpc) is 3.13. The molecule has 2 N–H and O–H groups in total. The van der Waals surface area contributed by atoms with Gasteiger partial charge >= 0.3 is 0 Å². The third-order valence-corrected chi connectivity index (χ3v) is 6.12. The van der Waals surface area contributed by atoms with Gasteiger partial charge in [0.25, 0.3) is 11.5 Å². The number of H-pyrrole nitrogens is 1. The Morgan fingerprint density at radius 1 is 1.52 bits per heavy atom. The van der Waals surface area contributed by atoms with Gasteiger partial charge < -0.3 is 9.40 Å². The fourth-order valence-electron chi connectivity index (χ4n) is 3.31. The predicted molar refractivity (Wildman–Crippen MR) is 99.6 cm³/mol. The van der Waals surface area contributed by atoms with E-state index >= 15 is 0 Å². The summed E-state index contributed by atoms with van der Waals surface area (Å²) in [6.07, 6.45) is 4.36. The number of furan rings is 1. The molecule has 0 spiro atoms. The molecule has 3 heterocycles. The number of aryl methyl sites for hydroxylation is 2. The summed E-state index contributed by atoms with van der Waals surface area (Å²) in [6, 6.07) is 1.56. The molecule has 1 aliphatic carbocycles. The first-order valence-electron chi connectivity index (χ1n) is 8.10. The molecule has 1 unspecified atom stereocenters. The van der Waals surface area contributed by atoms with Crippen LogP contribution >= 0.6 is 23.6 Å². The molecule has 25 heavy (non-hydrogen) atoms. The lowest BCUT2D eigenvalue weighted by molar-refractivity contribution is 0.100. The van der Waals surface area contributed by atoms with E-state index < -0.39 is 5.91 Å². The lowest BCUT2D eigenvalue weighted by Crippen LogP contribution is -2.34. The summed E-state index contributed by atoms with van der Waals surface area (Å²) >= 11 is 6.88. The molecule has 0 fully saturated rings. The number of carbonyl (C=O) groups is 1. The summed E-state index contributed by atoms with van der Waals surface area (Å²) in [6.45, 7) is 3.92. The molecule has 0 saturated heterocycles. The van der Waals surface area contributed by atoms with Crippen LogP contribution in [0, 0.1) is 17.6 Å². The van der Waals surface area contributed by atoms with E-state index in [1.165, 1.54) is 11.1 Å². The zero-order chi connectivity index (χ0) is 17.7. The van der Waals surface area contributed by atoms with E-state index in [1.54, 1.807) is 24.3 Å². The van der Waals surface area contributed by atoms with E-state index in [0.717, 1.165) is 34.3 Å². The van der Waals surface area contributed by atoms with Crippen LogP contribution in [0.25, 0.3) is 10.2 Å². The first-order valence-corrected chi connectivity index (χ1v) is 9.33. The van der Waals surface area contributed by atoms with Gasteiger partial charge in [0.15, 0.2) is 0 Å². The van der Waals surface area contributed by atoms with Gasteiger partial charge in [-0.25, -0.2) is 0 Å². The molecule has 0 saturated carbocycles. The van der Waals surface area contributed by atoms with Crippen LogP contribution in [-0.2, 0) is 12.8 Å². The number of nitrogens with one attached hydrogen (secondary N) is 2. The van der Waals surface area contributed by atoms with Crippen molar-refractivity contribution in [2.24, 2.45) is 5.92 Å². The highest BCUT2D eigenvalue weighted by atomic mass is 32.1. The Hall–Kier alpha value is -2.19. The lowest BCUT2D eigenvalue weighted by atomic mass is 9.89. The van der Waals surface area contributed by atoms with Gasteiger partial charge in [-0.05, 0) is 56.0 Å². The molecule has 0 radical (unpaired) electrons. The van der Waals surface area contributed by atoms with E-state index in [9.17, 15) is 9.59 Å². The fourth-order valence-corrected chi connectivity index (χ4v) is 5.00. The van der Waals surface area contributed by atoms with Crippen LogP contribution in [0.4, 0.5) is 0 Å². The fraction of sp³-hybridized carbons (Fsp3) is 0.353. The highest BCUT2D eigenvalue weighted by Gasteiger charge is 2.24. The molecule has 3 aromatic rings. The number of amides is 1. The van der Waals surface area contributed by atoms with E-state index in [2.05, 4.69) is 17.3 Å². The van der Waals surface area contributed by atoms with Crippen LogP contribution in [0.1, 0.15) is 39.9 Å². The standard InChI is InChI=1S/C17H17N3O3S2/c1-8-3-4-11-12(7-8)25-15-13(11)16(22)20(17(24)18-15)19-14(21)10-5-6-23-9(10)2/h5-6,8H,3-4,7H2,1-2H3,(H,18,24)(H,19,21). The van der Waals surface area contributed by atoms with Crippen molar-refractivity contribution in [1.29, 1.82) is 0 Å². The number of fused-ring (bicyclic) bond motifs is 3. The maximum Gasteiger partial charge on any atom is 0.282 e. The number of carbonyl (C=O) groups excluding carboxylic acids is 1. The summed E-state index contributed by atoms with van der Waals surface area (Å²) < 4.78 is 6.45. The Morgan fingerprint density at radius 3 is 3.04 bits per heavy atom.